The number of carboxylic acid groups (broad SMARTS) is 1. The number of aromatic carboxylic acids is 1. The van der Waals surface area contributed by atoms with Crippen LogP contribution in [0.25, 0.3) is 0 Å². The fraction of sp³-hybridized carbons (Fsp3) is 0.0769. The summed E-state index contributed by atoms with van der Waals surface area (Å²) in [5.41, 5.74) is 0.500. The van der Waals surface area contributed by atoms with Gasteiger partial charge in [0.15, 0.2) is 0 Å². The average Bonchev–Trinajstić information content (AvgIpc) is 2.42. The van der Waals surface area contributed by atoms with Crippen LogP contribution < -0.4 is 10.1 Å². The second-order valence-electron chi connectivity index (χ2n) is 3.89. The van der Waals surface area contributed by atoms with Gasteiger partial charge in [0, 0.05) is 11.9 Å². The zero-order chi connectivity index (χ0) is 15.4. The van der Waals surface area contributed by atoms with Gasteiger partial charge in [0.05, 0.1) is 10.6 Å². The lowest BCUT2D eigenvalue weighted by Gasteiger charge is -2.09. The minimum Gasteiger partial charge on any atom is -0.478 e. The predicted octanol–water partition coefficient (Wildman–Crippen LogP) is 3.78. The molecule has 0 saturated heterocycles. The van der Waals surface area contributed by atoms with Crippen molar-refractivity contribution in [2.24, 2.45) is 0 Å². The highest BCUT2D eigenvalue weighted by Gasteiger charge is 2.09. The van der Waals surface area contributed by atoms with Crippen molar-refractivity contribution in [1.82, 2.24) is 4.98 Å². The van der Waals surface area contributed by atoms with Gasteiger partial charge in [-0.05, 0) is 30.3 Å². The first-order valence-electron chi connectivity index (χ1n) is 5.66. The Morgan fingerprint density at radius 2 is 2.00 bits per heavy atom. The molecule has 0 radical (unpaired) electrons. The second kappa shape index (κ2) is 6.36. The summed E-state index contributed by atoms with van der Waals surface area (Å²) in [6.07, 6.45) is 1.16. The number of pyridine rings is 1. The SMILES string of the molecule is O=C(O)c1cnc(Nc2ccc(OC(F)F)cc2)c(Cl)c1. The largest absolute Gasteiger partial charge is 0.478 e. The summed E-state index contributed by atoms with van der Waals surface area (Å²) in [5, 5.41) is 11.8. The zero-order valence-electron chi connectivity index (χ0n) is 10.4. The van der Waals surface area contributed by atoms with E-state index in [-0.39, 0.29) is 22.2 Å². The number of benzene rings is 1. The Labute approximate surface area is 123 Å². The quantitative estimate of drug-likeness (QED) is 0.878. The number of alkyl halides is 2. The first kappa shape index (κ1) is 15.0. The third-order valence-electron chi connectivity index (χ3n) is 2.43. The van der Waals surface area contributed by atoms with E-state index in [0.717, 1.165) is 6.20 Å². The van der Waals surface area contributed by atoms with Crippen molar-refractivity contribution in [3.8, 4) is 5.75 Å². The molecular weight excluding hydrogens is 306 g/mol. The highest BCUT2D eigenvalue weighted by molar-refractivity contribution is 6.33. The number of anilines is 2. The second-order valence-corrected chi connectivity index (χ2v) is 4.29. The number of ether oxygens (including phenoxy) is 1. The van der Waals surface area contributed by atoms with E-state index < -0.39 is 12.6 Å². The van der Waals surface area contributed by atoms with Crippen LogP contribution in [0.1, 0.15) is 10.4 Å². The molecule has 21 heavy (non-hydrogen) atoms. The molecule has 0 amide bonds. The molecule has 0 bridgehead atoms. The monoisotopic (exact) mass is 314 g/mol. The smallest absolute Gasteiger partial charge is 0.387 e. The lowest BCUT2D eigenvalue weighted by Crippen LogP contribution is -2.02. The number of hydrogen-bond donors (Lipinski definition) is 2. The van der Waals surface area contributed by atoms with Gasteiger partial charge in [0.1, 0.15) is 11.6 Å². The number of aromatic nitrogens is 1. The molecule has 0 atom stereocenters. The first-order valence-corrected chi connectivity index (χ1v) is 6.04. The van der Waals surface area contributed by atoms with E-state index in [1.165, 1.54) is 30.3 Å². The summed E-state index contributed by atoms with van der Waals surface area (Å²) in [7, 11) is 0. The minimum atomic E-state index is -2.89. The Kier molecular flexibility index (Phi) is 4.54. The van der Waals surface area contributed by atoms with Crippen molar-refractivity contribution in [3.05, 3.63) is 47.1 Å². The van der Waals surface area contributed by atoms with E-state index in [0.29, 0.717) is 5.69 Å². The van der Waals surface area contributed by atoms with Crippen molar-refractivity contribution in [2.75, 3.05) is 5.32 Å². The van der Waals surface area contributed by atoms with Crippen LogP contribution in [-0.4, -0.2) is 22.7 Å². The van der Waals surface area contributed by atoms with Gasteiger partial charge in [0.2, 0.25) is 0 Å². The van der Waals surface area contributed by atoms with Crippen LogP contribution in [0.4, 0.5) is 20.3 Å². The molecule has 0 aliphatic heterocycles. The van der Waals surface area contributed by atoms with Crippen molar-refractivity contribution in [2.45, 2.75) is 6.61 Å². The van der Waals surface area contributed by atoms with Gasteiger partial charge in [-0.15, -0.1) is 0 Å². The molecule has 8 heteroatoms. The Morgan fingerprint density at radius 3 is 2.52 bits per heavy atom. The van der Waals surface area contributed by atoms with Crippen LogP contribution in [0.2, 0.25) is 5.02 Å². The van der Waals surface area contributed by atoms with Gasteiger partial charge >= 0.3 is 12.6 Å². The van der Waals surface area contributed by atoms with Crippen molar-refractivity contribution in [1.29, 1.82) is 0 Å². The Morgan fingerprint density at radius 1 is 1.33 bits per heavy atom. The summed E-state index contributed by atoms with van der Waals surface area (Å²) in [6, 6.07) is 6.97. The molecule has 0 aliphatic rings. The molecule has 0 unspecified atom stereocenters. The van der Waals surface area contributed by atoms with Crippen LogP contribution >= 0.6 is 11.6 Å². The molecule has 0 fully saturated rings. The molecule has 0 spiro atoms. The van der Waals surface area contributed by atoms with Crippen molar-refractivity contribution < 1.29 is 23.4 Å². The van der Waals surface area contributed by atoms with Crippen molar-refractivity contribution >= 4 is 29.1 Å². The number of halogens is 3. The molecule has 0 aliphatic carbocycles. The number of carbonyl (C=O) groups is 1. The van der Waals surface area contributed by atoms with Crippen LogP contribution in [0, 0.1) is 0 Å². The van der Waals surface area contributed by atoms with Crippen LogP contribution in [-0.2, 0) is 0 Å². The van der Waals surface area contributed by atoms with Crippen LogP contribution in [0.15, 0.2) is 36.5 Å². The van der Waals surface area contributed by atoms with Gasteiger partial charge in [-0.2, -0.15) is 8.78 Å². The molecule has 2 aromatic rings. The Bertz CT molecular complexity index is 650. The van der Waals surface area contributed by atoms with Gasteiger partial charge in [0.25, 0.3) is 0 Å². The molecule has 1 aromatic carbocycles. The standard InChI is InChI=1S/C13H9ClF2N2O3/c14-10-5-7(12(19)20)6-17-11(10)18-8-1-3-9(4-2-8)21-13(15)16/h1-6,13H,(H,17,18)(H,19,20). The van der Waals surface area contributed by atoms with E-state index in [1.807, 2.05) is 0 Å². The van der Waals surface area contributed by atoms with Gasteiger partial charge in [-0.25, -0.2) is 9.78 Å². The third-order valence-corrected chi connectivity index (χ3v) is 2.72. The maximum Gasteiger partial charge on any atom is 0.387 e. The highest BCUT2D eigenvalue weighted by Crippen LogP contribution is 2.25. The normalized spacial score (nSPS) is 10.5. The van der Waals surface area contributed by atoms with Crippen molar-refractivity contribution in [3.63, 3.8) is 0 Å². The average molecular weight is 315 g/mol. The first-order chi connectivity index (χ1) is 9.95. The molecule has 0 saturated carbocycles. The summed E-state index contributed by atoms with van der Waals surface area (Å²) < 4.78 is 28.2. The molecule has 2 N–H and O–H groups in total. The van der Waals surface area contributed by atoms with E-state index in [1.54, 1.807) is 0 Å². The summed E-state index contributed by atoms with van der Waals surface area (Å²) >= 11 is 5.91. The maximum absolute atomic E-state index is 12.0. The molecule has 110 valence electrons. The molecule has 2 rings (SSSR count). The van der Waals surface area contributed by atoms with E-state index in [4.69, 9.17) is 16.7 Å². The van der Waals surface area contributed by atoms with E-state index in [9.17, 15) is 13.6 Å². The molecular formula is C13H9ClF2N2O3. The maximum atomic E-state index is 12.0. The lowest BCUT2D eigenvalue weighted by atomic mass is 10.2. The molecule has 5 nitrogen and oxygen atoms in total. The highest BCUT2D eigenvalue weighted by atomic mass is 35.5. The fourth-order valence-electron chi connectivity index (χ4n) is 1.50. The Hall–Kier alpha value is -2.41. The third kappa shape index (κ3) is 4.03. The zero-order valence-corrected chi connectivity index (χ0v) is 11.1. The molecule has 1 aromatic heterocycles. The number of nitrogens with zero attached hydrogens (tertiary/aromatic N) is 1. The number of hydrogen-bond acceptors (Lipinski definition) is 4. The summed E-state index contributed by atoms with van der Waals surface area (Å²) in [5.74, 6) is -0.857. The molecule has 1 heterocycles. The van der Waals surface area contributed by atoms with Gasteiger partial charge < -0.3 is 15.2 Å². The van der Waals surface area contributed by atoms with Crippen LogP contribution in [0.3, 0.4) is 0 Å². The Balaban J connectivity index is 2.13. The summed E-state index contributed by atoms with van der Waals surface area (Å²) in [6.45, 7) is -2.89. The van der Waals surface area contributed by atoms with Crippen LogP contribution in [0.5, 0.6) is 5.75 Å². The van der Waals surface area contributed by atoms with Gasteiger partial charge in [-0.1, -0.05) is 11.6 Å². The minimum absolute atomic E-state index is 0.0239. The lowest BCUT2D eigenvalue weighted by molar-refractivity contribution is -0.0498. The summed E-state index contributed by atoms with van der Waals surface area (Å²) in [4.78, 5) is 14.6. The number of nitrogens with one attached hydrogen (secondary N) is 1. The van der Waals surface area contributed by atoms with Gasteiger partial charge in [-0.3, -0.25) is 0 Å². The predicted molar refractivity (Wildman–Crippen MR) is 72.6 cm³/mol. The number of rotatable bonds is 5. The number of carboxylic acids is 1. The van der Waals surface area contributed by atoms with E-state index >= 15 is 0 Å². The fourth-order valence-corrected chi connectivity index (χ4v) is 1.72. The van der Waals surface area contributed by atoms with E-state index in [2.05, 4.69) is 15.0 Å². The topological polar surface area (TPSA) is 71.5 Å².